The second kappa shape index (κ2) is 9.46. The molecule has 0 fully saturated rings. The zero-order chi connectivity index (χ0) is 19.8. The van der Waals surface area contributed by atoms with E-state index < -0.39 is 0 Å². The van der Waals surface area contributed by atoms with E-state index in [1.165, 1.54) is 18.2 Å². The average Bonchev–Trinajstić information content (AvgIpc) is 2.72. The van der Waals surface area contributed by atoms with Crippen molar-refractivity contribution in [3.05, 3.63) is 102 Å². The Kier molecular flexibility index (Phi) is 6.52. The van der Waals surface area contributed by atoms with Crippen molar-refractivity contribution in [3.63, 3.8) is 0 Å². The fourth-order valence-electron chi connectivity index (χ4n) is 2.75. The number of carbonyl (C=O) groups excluding carboxylic acids is 1. The van der Waals surface area contributed by atoms with Gasteiger partial charge < -0.3 is 10.6 Å². The molecule has 0 saturated carbocycles. The van der Waals surface area contributed by atoms with Crippen LogP contribution in [0, 0.1) is 5.82 Å². The lowest BCUT2D eigenvalue weighted by atomic mass is 10.1. The highest BCUT2D eigenvalue weighted by atomic mass is 19.1. The number of carbonyl (C=O) groups is 1. The first-order valence-corrected chi connectivity index (χ1v) is 9.07. The summed E-state index contributed by atoms with van der Waals surface area (Å²) in [6, 6.07) is 17.9. The molecule has 0 aliphatic rings. The number of anilines is 1. The highest BCUT2D eigenvalue weighted by Crippen LogP contribution is 2.18. The van der Waals surface area contributed by atoms with E-state index in [9.17, 15) is 9.18 Å². The van der Waals surface area contributed by atoms with Gasteiger partial charge in [-0.25, -0.2) is 4.39 Å². The number of benzene rings is 2. The van der Waals surface area contributed by atoms with Gasteiger partial charge in [0.2, 0.25) is 5.91 Å². The Bertz CT molecular complexity index is 957. The first kappa shape index (κ1) is 19.3. The molecule has 4 nitrogen and oxygen atoms in total. The van der Waals surface area contributed by atoms with E-state index in [0.717, 1.165) is 16.8 Å². The molecular formula is C23H22FN3O. The minimum Gasteiger partial charge on any atom is -0.381 e. The van der Waals surface area contributed by atoms with Crippen molar-refractivity contribution < 1.29 is 9.18 Å². The molecule has 0 saturated heterocycles. The van der Waals surface area contributed by atoms with Crippen LogP contribution in [0.4, 0.5) is 10.1 Å². The Morgan fingerprint density at radius 1 is 1.14 bits per heavy atom. The normalized spacial score (nSPS) is 11.9. The molecule has 0 bridgehead atoms. The van der Waals surface area contributed by atoms with Crippen LogP contribution in [0.5, 0.6) is 0 Å². The third kappa shape index (κ3) is 5.51. The molecule has 3 aromatic rings. The summed E-state index contributed by atoms with van der Waals surface area (Å²) >= 11 is 0. The molecule has 0 radical (unpaired) electrons. The molecule has 142 valence electrons. The Balaban J connectivity index is 1.58. The van der Waals surface area contributed by atoms with E-state index in [4.69, 9.17) is 0 Å². The molecule has 1 aromatic heterocycles. The summed E-state index contributed by atoms with van der Waals surface area (Å²) in [6.07, 6.45) is 6.39. The zero-order valence-electron chi connectivity index (χ0n) is 15.6. The average molecular weight is 375 g/mol. The molecule has 0 spiro atoms. The summed E-state index contributed by atoms with van der Waals surface area (Å²) in [7, 11) is 0. The predicted octanol–water partition coefficient (Wildman–Crippen LogP) is 4.72. The minimum absolute atomic E-state index is 0.182. The van der Waals surface area contributed by atoms with Crippen LogP contribution in [-0.4, -0.2) is 10.9 Å². The SMILES string of the molecule is C[C@H](NC(=O)/C=C/c1ccccc1F)c1cccc(NCc2cccnc2)c1. The number of pyridine rings is 1. The van der Waals surface area contributed by atoms with Gasteiger partial charge in [-0.05, 0) is 48.4 Å². The Morgan fingerprint density at radius 3 is 2.79 bits per heavy atom. The maximum Gasteiger partial charge on any atom is 0.244 e. The van der Waals surface area contributed by atoms with Gasteiger partial charge in [0.25, 0.3) is 0 Å². The van der Waals surface area contributed by atoms with Crippen LogP contribution in [0.1, 0.15) is 29.7 Å². The van der Waals surface area contributed by atoms with Crippen molar-refractivity contribution in [1.82, 2.24) is 10.3 Å². The van der Waals surface area contributed by atoms with Crippen molar-refractivity contribution in [3.8, 4) is 0 Å². The van der Waals surface area contributed by atoms with Crippen LogP contribution in [0.25, 0.3) is 6.08 Å². The number of hydrogen-bond donors (Lipinski definition) is 2. The Labute approximate surface area is 164 Å². The summed E-state index contributed by atoms with van der Waals surface area (Å²) < 4.78 is 13.6. The van der Waals surface area contributed by atoms with E-state index in [2.05, 4.69) is 15.6 Å². The number of amides is 1. The second-order valence-electron chi connectivity index (χ2n) is 6.43. The number of nitrogens with one attached hydrogen (secondary N) is 2. The Hall–Kier alpha value is -3.47. The molecule has 0 unspecified atom stereocenters. The number of hydrogen-bond acceptors (Lipinski definition) is 3. The number of nitrogens with zero attached hydrogens (tertiary/aromatic N) is 1. The van der Waals surface area contributed by atoms with Gasteiger partial charge in [0.05, 0.1) is 6.04 Å². The first-order valence-electron chi connectivity index (χ1n) is 9.07. The summed E-state index contributed by atoms with van der Waals surface area (Å²) in [5, 5.41) is 6.25. The van der Waals surface area contributed by atoms with Crippen molar-refractivity contribution in [2.75, 3.05) is 5.32 Å². The Morgan fingerprint density at radius 2 is 2.00 bits per heavy atom. The second-order valence-corrected chi connectivity index (χ2v) is 6.43. The third-order valence-corrected chi connectivity index (χ3v) is 4.28. The van der Waals surface area contributed by atoms with Crippen molar-refractivity contribution in [2.45, 2.75) is 19.5 Å². The highest BCUT2D eigenvalue weighted by Gasteiger charge is 2.08. The predicted molar refractivity (Wildman–Crippen MR) is 110 cm³/mol. The fraction of sp³-hybridized carbons (Fsp3) is 0.130. The van der Waals surface area contributed by atoms with E-state index in [1.54, 1.807) is 24.4 Å². The highest BCUT2D eigenvalue weighted by molar-refractivity contribution is 5.92. The molecule has 3 rings (SSSR count). The molecule has 1 amide bonds. The maximum atomic E-state index is 13.6. The van der Waals surface area contributed by atoms with Crippen molar-refractivity contribution in [2.24, 2.45) is 0 Å². The summed E-state index contributed by atoms with van der Waals surface area (Å²) in [4.78, 5) is 16.3. The molecule has 2 aromatic carbocycles. The van der Waals surface area contributed by atoms with Gasteiger partial charge in [-0.3, -0.25) is 9.78 Å². The molecule has 5 heteroatoms. The van der Waals surface area contributed by atoms with Crippen LogP contribution in [0.2, 0.25) is 0 Å². The maximum absolute atomic E-state index is 13.6. The lowest BCUT2D eigenvalue weighted by Crippen LogP contribution is -2.24. The molecule has 1 heterocycles. The lowest BCUT2D eigenvalue weighted by Gasteiger charge is -2.15. The van der Waals surface area contributed by atoms with Gasteiger partial charge >= 0.3 is 0 Å². The molecular weight excluding hydrogens is 353 g/mol. The van der Waals surface area contributed by atoms with Crippen molar-refractivity contribution >= 4 is 17.7 Å². The molecule has 0 aliphatic heterocycles. The van der Waals surface area contributed by atoms with E-state index in [1.807, 2.05) is 49.5 Å². The van der Waals surface area contributed by atoms with Crippen LogP contribution < -0.4 is 10.6 Å². The van der Waals surface area contributed by atoms with Crippen LogP contribution in [0.15, 0.2) is 79.1 Å². The summed E-state index contributed by atoms with van der Waals surface area (Å²) in [6.45, 7) is 2.58. The quantitative estimate of drug-likeness (QED) is 0.588. The molecule has 1 atom stereocenters. The van der Waals surface area contributed by atoms with Gasteiger partial charge in [0.1, 0.15) is 5.82 Å². The minimum atomic E-state index is -0.355. The summed E-state index contributed by atoms with van der Waals surface area (Å²) in [5.41, 5.74) is 3.41. The number of rotatable bonds is 7. The molecule has 0 aliphatic carbocycles. The largest absolute Gasteiger partial charge is 0.381 e. The first-order chi connectivity index (χ1) is 13.6. The van der Waals surface area contributed by atoms with Gasteiger partial charge in [-0.1, -0.05) is 36.4 Å². The van der Waals surface area contributed by atoms with E-state index in [-0.39, 0.29) is 17.8 Å². The van der Waals surface area contributed by atoms with Gasteiger partial charge in [-0.2, -0.15) is 0 Å². The number of aromatic nitrogens is 1. The molecule has 2 N–H and O–H groups in total. The van der Waals surface area contributed by atoms with Gasteiger partial charge in [0, 0.05) is 36.3 Å². The van der Waals surface area contributed by atoms with Crippen molar-refractivity contribution in [1.29, 1.82) is 0 Å². The number of halogens is 1. The van der Waals surface area contributed by atoms with Crippen LogP contribution in [-0.2, 0) is 11.3 Å². The smallest absolute Gasteiger partial charge is 0.244 e. The third-order valence-electron chi connectivity index (χ3n) is 4.28. The monoisotopic (exact) mass is 375 g/mol. The van der Waals surface area contributed by atoms with Gasteiger partial charge in [0.15, 0.2) is 0 Å². The lowest BCUT2D eigenvalue weighted by molar-refractivity contribution is -0.117. The van der Waals surface area contributed by atoms with E-state index >= 15 is 0 Å². The topological polar surface area (TPSA) is 54.0 Å². The van der Waals surface area contributed by atoms with Crippen LogP contribution in [0.3, 0.4) is 0 Å². The zero-order valence-corrected chi connectivity index (χ0v) is 15.6. The molecule has 28 heavy (non-hydrogen) atoms. The summed E-state index contributed by atoms with van der Waals surface area (Å²) in [5.74, 6) is -0.628. The standard InChI is InChI=1S/C23H22FN3O/c1-17(27-23(28)12-11-19-7-2-3-10-22(19)24)20-8-4-9-21(14-20)26-16-18-6-5-13-25-15-18/h2-15,17,26H,16H2,1H3,(H,27,28)/b12-11+/t17-/m0/s1. The fourth-order valence-corrected chi connectivity index (χ4v) is 2.75. The van der Waals surface area contributed by atoms with Gasteiger partial charge in [-0.15, -0.1) is 0 Å². The van der Waals surface area contributed by atoms with E-state index in [0.29, 0.717) is 12.1 Å². The van der Waals surface area contributed by atoms with Crippen LogP contribution >= 0.6 is 0 Å².